The Balaban J connectivity index is 0.00000242. The normalized spacial score (nSPS) is 17.6. The van der Waals surface area contributed by atoms with Crippen LogP contribution in [0, 0.1) is 10.1 Å². The molecular formula is C13H18ClF2N3O3. The summed E-state index contributed by atoms with van der Waals surface area (Å²) >= 11 is 0. The van der Waals surface area contributed by atoms with Gasteiger partial charge in [-0.1, -0.05) is 18.2 Å². The fraction of sp³-hybridized carbons (Fsp3) is 0.538. The first-order valence-corrected chi connectivity index (χ1v) is 6.64. The van der Waals surface area contributed by atoms with E-state index in [4.69, 9.17) is 5.11 Å². The van der Waals surface area contributed by atoms with Crippen LogP contribution >= 0.6 is 12.4 Å². The number of nitro benzene ring substituents is 1. The van der Waals surface area contributed by atoms with Gasteiger partial charge in [-0.25, -0.2) is 8.78 Å². The Morgan fingerprint density at radius 1 is 1.36 bits per heavy atom. The summed E-state index contributed by atoms with van der Waals surface area (Å²) in [7, 11) is 0. The van der Waals surface area contributed by atoms with Crippen molar-refractivity contribution < 1.29 is 18.8 Å². The number of nitro groups is 1. The van der Waals surface area contributed by atoms with Gasteiger partial charge in [0.25, 0.3) is 11.6 Å². The molecule has 0 spiro atoms. The fourth-order valence-electron chi connectivity index (χ4n) is 2.60. The Labute approximate surface area is 132 Å². The fourth-order valence-corrected chi connectivity index (χ4v) is 2.60. The maximum absolute atomic E-state index is 14.2. The molecule has 1 aromatic rings. The number of hydrogen-bond acceptors (Lipinski definition) is 5. The van der Waals surface area contributed by atoms with Crippen LogP contribution in [0.1, 0.15) is 11.6 Å². The highest BCUT2D eigenvalue weighted by molar-refractivity contribution is 5.85. The van der Waals surface area contributed by atoms with Gasteiger partial charge in [-0.2, -0.15) is 0 Å². The highest BCUT2D eigenvalue weighted by Crippen LogP contribution is 2.40. The number of alkyl halides is 2. The van der Waals surface area contributed by atoms with Gasteiger partial charge in [-0.3, -0.25) is 15.0 Å². The lowest BCUT2D eigenvalue weighted by molar-refractivity contribution is -0.386. The predicted octanol–water partition coefficient (Wildman–Crippen LogP) is 1.59. The zero-order valence-corrected chi connectivity index (χ0v) is 12.6. The van der Waals surface area contributed by atoms with E-state index in [1.807, 2.05) is 0 Å². The molecule has 9 heteroatoms. The highest BCUT2D eigenvalue weighted by atomic mass is 35.5. The van der Waals surface area contributed by atoms with E-state index in [2.05, 4.69) is 5.32 Å². The zero-order valence-electron chi connectivity index (χ0n) is 11.7. The average Bonchev–Trinajstić information content (AvgIpc) is 2.48. The van der Waals surface area contributed by atoms with Crippen LogP contribution in [0.5, 0.6) is 0 Å². The summed E-state index contributed by atoms with van der Waals surface area (Å²) in [4.78, 5) is 11.9. The zero-order chi connectivity index (χ0) is 15.5. The Hall–Kier alpha value is -1.35. The van der Waals surface area contributed by atoms with Gasteiger partial charge in [-0.15, -0.1) is 12.4 Å². The van der Waals surface area contributed by atoms with Gasteiger partial charge in [0.15, 0.2) is 0 Å². The molecular weight excluding hydrogens is 320 g/mol. The summed E-state index contributed by atoms with van der Waals surface area (Å²) < 4.78 is 28.4. The van der Waals surface area contributed by atoms with Crippen molar-refractivity contribution in [3.05, 3.63) is 39.9 Å². The molecule has 1 fully saturated rings. The van der Waals surface area contributed by atoms with Gasteiger partial charge < -0.3 is 10.4 Å². The third kappa shape index (κ3) is 3.89. The van der Waals surface area contributed by atoms with Gasteiger partial charge in [0.2, 0.25) is 0 Å². The third-order valence-corrected chi connectivity index (χ3v) is 3.56. The molecule has 1 atom stereocenters. The topological polar surface area (TPSA) is 78.6 Å². The molecule has 0 aliphatic carbocycles. The number of hydrogen-bond donors (Lipinski definition) is 2. The van der Waals surface area contributed by atoms with Crippen LogP contribution in [0.15, 0.2) is 24.3 Å². The Morgan fingerprint density at radius 3 is 2.50 bits per heavy atom. The Kier molecular flexibility index (Phi) is 6.61. The van der Waals surface area contributed by atoms with Crippen LogP contribution in [0.4, 0.5) is 14.5 Å². The summed E-state index contributed by atoms with van der Waals surface area (Å²) in [6.07, 6.45) is 0. The van der Waals surface area contributed by atoms with Crippen molar-refractivity contribution in [3.8, 4) is 0 Å². The van der Waals surface area contributed by atoms with Gasteiger partial charge >= 0.3 is 0 Å². The van der Waals surface area contributed by atoms with Crippen molar-refractivity contribution in [2.24, 2.45) is 0 Å². The largest absolute Gasteiger partial charge is 0.390 e. The highest BCUT2D eigenvalue weighted by Gasteiger charge is 2.46. The number of nitrogens with one attached hydrogen (secondary N) is 1. The van der Waals surface area contributed by atoms with Crippen molar-refractivity contribution >= 4 is 18.1 Å². The number of aliphatic hydroxyl groups excluding tert-OH is 1. The van der Waals surface area contributed by atoms with E-state index in [1.54, 1.807) is 0 Å². The second-order valence-corrected chi connectivity index (χ2v) is 4.92. The number of rotatable bonds is 5. The number of para-hydroxylation sites is 1. The smallest absolute Gasteiger partial charge is 0.290 e. The van der Waals surface area contributed by atoms with Crippen LogP contribution < -0.4 is 5.32 Å². The first-order valence-electron chi connectivity index (χ1n) is 6.64. The minimum absolute atomic E-state index is 0. The van der Waals surface area contributed by atoms with E-state index in [1.165, 1.54) is 29.2 Å². The van der Waals surface area contributed by atoms with Crippen molar-refractivity contribution in [3.63, 3.8) is 0 Å². The van der Waals surface area contributed by atoms with Crippen LogP contribution in [0.2, 0.25) is 0 Å². The van der Waals surface area contributed by atoms with E-state index >= 15 is 0 Å². The molecule has 1 aromatic carbocycles. The van der Waals surface area contributed by atoms with Gasteiger partial charge in [-0.05, 0) is 0 Å². The minimum Gasteiger partial charge on any atom is -0.390 e. The molecule has 0 amide bonds. The maximum Gasteiger partial charge on any atom is 0.290 e. The molecule has 124 valence electrons. The van der Waals surface area contributed by atoms with E-state index in [0.29, 0.717) is 26.2 Å². The van der Waals surface area contributed by atoms with Crippen molar-refractivity contribution in [1.29, 1.82) is 0 Å². The van der Waals surface area contributed by atoms with Gasteiger partial charge in [0, 0.05) is 32.2 Å². The molecule has 6 nitrogen and oxygen atoms in total. The lowest BCUT2D eigenvalue weighted by atomic mass is 9.96. The minimum atomic E-state index is -3.45. The van der Waals surface area contributed by atoms with Crippen LogP contribution in [0.3, 0.4) is 0 Å². The summed E-state index contributed by atoms with van der Waals surface area (Å²) in [5, 5.41) is 23.2. The standard InChI is InChI=1S/C13H17F2N3O3.ClH/c14-13(15,9-19)12(17-7-5-16-6-8-17)10-3-1-2-4-11(10)18(20)21;/h1-4,12,16,19H,5-9H2;1H/t12-;/m0./s1. The monoisotopic (exact) mass is 337 g/mol. The summed E-state index contributed by atoms with van der Waals surface area (Å²) in [5.41, 5.74) is -0.419. The van der Waals surface area contributed by atoms with Crippen LogP contribution in [0.25, 0.3) is 0 Å². The summed E-state index contributed by atoms with van der Waals surface area (Å²) in [5.74, 6) is -3.45. The number of benzene rings is 1. The summed E-state index contributed by atoms with van der Waals surface area (Å²) in [6.45, 7) is 0.379. The van der Waals surface area contributed by atoms with Crippen molar-refractivity contribution in [2.45, 2.75) is 12.0 Å². The van der Waals surface area contributed by atoms with E-state index < -0.39 is 23.5 Å². The van der Waals surface area contributed by atoms with E-state index in [-0.39, 0.29) is 23.7 Å². The molecule has 0 aromatic heterocycles. The third-order valence-electron chi connectivity index (χ3n) is 3.56. The summed E-state index contributed by atoms with van der Waals surface area (Å²) in [6, 6.07) is 3.96. The van der Waals surface area contributed by atoms with Crippen molar-refractivity contribution in [1.82, 2.24) is 10.2 Å². The Morgan fingerprint density at radius 2 is 1.95 bits per heavy atom. The molecule has 0 radical (unpaired) electrons. The SMILES string of the molecule is Cl.O=[N+]([O-])c1ccccc1[C@H](N1CCNCC1)C(F)(F)CO. The lowest BCUT2D eigenvalue weighted by Gasteiger charge is -2.38. The lowest BCUT2D eigenvalue weighted by Crippen LogP contribution is -2.51. The second-order valence-electron chi connectivity index (χ2n) is 4.92. The van der Waals surface area contributed by atoms with Gasteiger partial charge in [0.05, 0.1) is 10.5 Å². The number of nitrogens with zero attached hydrogens (tertiary/aromatic N) is 2. The van der Waals surface area contributed by atoms with Crippen LogP contribution in [-0.4, -0.2) is 53.6 Å². The molecule has 2 rings (SSSR count). The molecule has 1 heterocycles. The van der Waals surface area contributed by atoms with Crippen LogP contribution in [-0.2, 0) is 0 Å². The molecule has 1 aliphatic heterocycles. The number of piperazine rings is 1. The Bertz CT molecular complexity index is 513. The maximum atomic E-state index is 14.2. The molecule has 1 aliphatic rings. The first kappa shape index (κ1) is 18.7. The predicted molar refractivity (Wildman–Crippen MR) is 79.6 cm³/mol. The average molecular weight is 338 g/mol. The molecule has 22 heavy (non-hydrogen) atoms. The molecule has 2 N–H and O–H groups in total. The number of halogens is 3. The van der Waals surface area contributed by atoms with Gasteiger partial charge in [0.1, 0.15) is 12.6 Å². The number of aliphatic hydroxyl groups is 1. The van der Waals surface area contributed by atoms with E-state index in [9.17, 15) is 18.9 Å². The first-order chi connectivity index (χ1) is 9.97. The molecule has 1 saturated heterocycles. The molecule has 0 unspecified atom stereocenters. The quantitative estimate of drug-likeness (QED) is 0.630. The van der Waals surface area contributed by atoms with E-state index in [0.717, 1.165) is 0 Å². The molecule has 0 bridgehead atoms. The van der Waals surface area contributed by atoms with Crippen molar-refractivity contribution in [2.75, 3.05) is 32.8 Å². The molecule has 0 saturated carbocycles. The second kappa shape index (κ2) is 7.77.